The molecular weight excluding hydrogens is 316 g/mol. The van der Waals surface area contributed by atoms with Crippen molar-refractivity contribution in [3.8, 4) is 0 Å². The van der Waals surface area contributed by atoms with Crippen molar-refractivity contribution >= 4 is 26.9 Å². The van der Waals surface area contributed by atoms with E-state index in [-0.39, 0.29) is 4.90 Å². The minimum Gasteiger partial charge on any atom is -0.380 e. The van der Waals surface area contributed by atoms with E-state index in [2.05, 4.69) is 11.4 Å². The van der Waals surface area contributed by atoms with Crippen LogP contribution in [-0.2, 0) is 16.4 Å². The number of benzene rings is 1. The highest BCUT2D eigenvalue weighted by atomic mass is 32.2. The third-order valence-electron chi connectivity index (χ3n) is 3.10. The van der Waals surface area contributed by atoms with Crippen LogP contribution in [0.2, 0.25) is 0 Å². The highest BCUT2D eigenvalue weighted by molar-refractivity contribution is 7.91. The van der Waals surface area contributed by atoms with Crippen molar-refractivity contribution in [2.45, 2.75) is 31.0 Å². The fourth-order valence-electron chi connectivity index (χ4n) is 1.79. The number of aryl methyl sites for hydroxylation is 2. The van der Waals surface area contributed by atoms with Gasteiger partial charge in [-0.25, -0.2) is 8.42 Å². The number of nitrogens with one attached hydrogen (secondary N) is 1. The van der Waals surface area contributed by atoms with Crippen LogP contribution in [0.5, 0.6) is 0 Å². The largest absolute Gasteiger partial charge is 0.380 e. The summed E-state index contributed by atoms with van der Waals surface area (Å²) in [5, 5.41) is 3.14. The van der Waals surface area contributed by atoms with Crippen molar-refractivity contribution in [2.75, 3.05) is 5.32 Å². The summed E-state index contributed by atoms with van der Waals surface area (Å²) in [6.07, 6.45) is 0. The lowest BCUT2D eigenvalue weighted by Gasteiger charge is -2.07. The van der Waals surface area contributed by atoms with E-state index in [9.17, 15) is 17.2 Å². The molecule has 0 bridgehead atoms. The average Bonchev–Trinajstić information content (AvgIpc) is 2.76. The highest BCUT2D eigenvalue weighted by Gasteiger charge is 2.26. The summed E-state index contributed by atoms with van der Waals surface area (Å²) in [5.41, 5.74) is 1.92. The molecule has 1 aromatic carbocycles. The van der Waals surface area contributed by atoms with Crippen LogP contribution < -0.4 is 5.32 Å². The first-order chi connectivity index (χ1) is 9.80. The van der Waals surface area contributed by atoms with Gasteiger partial charge < -0.3 is 5.32 Å². The number of rotatable bonds is 5. The number of hydrogen-bond donors (Lipinski definition) is 1. The molecule has 2 rings (SSSR count). The second-order valence-electron chi connectivity index (χ2n) is 4.64. The van der Waals surface area contributed by atoms with Gasteiger partial charge in [-0.3, -0.25) is 0 Å². The van der Waals surface area contributed by atoms with Gasteiger partial charge in [-0.1, -0.05) is 0 Å². The first-order valence-electron chi connectivity index (χ1n) is 6.22. The fourth-order valence-corrected chi connectivity index (χ4v) is 3.51. The van der Waals surface area contributed by atoms with Crippen molar-refractivity contribution in [3.63, 3.8) is 0 Å². The lowest BCUT2D eigenvalue weighted by molar-refractivity contribution is 0.234. The first kappa shape index (κ1) is 15.9. The zero-order chi connectivity index (χ0) is 15.6. The van der Waals surface area contributed by atoms with Gasteiger partial charge in [0.2, 0.25) is 9.84 Å². The van der Waals surface area contributed by atoms with E-state index in [1.807, 2.05) is 13.8 Å². The van der Waals surface area contributed by atoms with Gasteiger partial charge in [0.1, 0.15) is 0 Å². The van der Waals surface area contributed by atoms with E-state index in [4.69, 9.17) is 0 Å². The molecular formula is C14H15F2NO2S2. The smallest absolute Gasteiger partial charge is 0.341 e. The van der Waals surface area contributed by atoms with E-state index in [1.165, 1.54) is 34.7 Å². The summed E-state index contributed by atoms with van der Waals surface area (Å²) < 4.78 is 47.4. The van der Waals surface area contributed by atoms with Crippen LogP contribution in [0.3, 0.4) is 0 Å². The Balaban J connectivity index is 2.06. The Hall–Kier alpha value is -1.47. The Bertz CT molecular complexity index is 702. The van der Waals surface area contributed by atoms with E-state index < -0.39 is 15.6 Å². The molecule has 0 saturated carbocycles. The van der Waals surface area contributed by atoms with Crippen molar-refractivity contribution in [2.24, 2.45) is 0 Å². The Kier molecular flexibility index (Phi) is 4.63. The molecule has 0 atom stereocenters. The third-order valence-corrected chi connectivity index (χ3v) is 5.65. The number of hydrogen-bond acceptors (Lipinski definition) is 4. The fraction of sp³-hybridized carbons (Fsp3) is 0.286. The molecule has 0 aliphatic heterocycles. The van der Waals surface area contributed by atoms with Crippen LogP contribution in [0.1, 0.15) is 15.3 Å². The van der Waals surface area contributed by atoms with Gasteiger partial charge in [-0.2, -0.15) is 8.78 Å². The van der Waals surface area contributed by atoms with Gasteiger partial charge in [-0.05, 0) is 49.7 Å². The van der Waals surface area contributed by atoms with Gasteiger partial charge in [-0.15, -0.1) is 11.3 Å². The summed E-state index contributed by atoms with van der Waals surface area (Å²) in [4.78, 5) is 2.05. The highest BCUT2D eigenvalue weighted by Crippen LogP contribution is 2.23. The van der Waals surface area contributed by atoms with Crippen molar-refractivity contribution in [1.29, 1.82) is 0 Å². The van der Waals surface area contributed by atoms with Crippen LogP contribution in [0.15, 0.2) is 35.2 Å². The summed E-state index contributed by atoms with van der Waals surface area (Å²) >= 11 is 1.69. The molecule has 114 valence electrons. The van der Waals surface area contributed by atoms with Crippen LogP contribution in [0.25, 0.3) is 0 Å². The van der Waals surface area contributed by atoms with Crippen LogP contribution in [0, 0.1) is 13.8 Å². The van der Waals surface area contributed by atoms with Crippen molar-refractivity contribution < 1.29 is 17.2 Å². The van der Waals surface area contributed by atoms with Crippen molar-refractivity contribution in [3.05, 3.63) is 45.6 Å². The third kappa shape index (κ3) is 3.59. The molecule has 1 N–H and O–H groups in total. The van der Waals surface area contributed by atoms with E-state index >= 15 is 0 Å². The number of thiophene rings is 1. The lowest BCUT2D eigenvalue weighted by atomic mass is 10.3. The van der Waals surface area contributed by atoms with Gasteiger partial charge in [0.05, 0.1) is 4.90 Å². The summed E-state index contributed by atoms with van der Waals surface area (Å²) in [6.45, 7) is 4.70. The minimum atomic E-state index is -4.52. The first-order valence-corrected chi connectivity index (χ1v) is 8.59. The van der Waals surface area contributed by atoms with Gasteiger partial charge >= 0.3 is 5.76 Å². The van der Waals surface area contributed by atoms with Gasteiger partial charge in [0.25, 0.3) is 0 Å². The molecule has 0 radical (unpaired) electrons. The molecule has 1 aromatic heterocycles. The molecule has 0 unspecified atom stereocenters. The number of alkyl halides is 2. The van der Waals surface area contributed by atoms with E-state index in [0.29, 0.717) is 12.2 Å². The molecule has 0 spiro atoms. The summed E-state index contributed by atoms with van der Waals surface area (Å²) in [5.74, 6) is -3.40. The zero-order valence-electron chi connectivity index (χ0n) is 11.6. The molecule has 21 heavy (non-hydrogen) atoms. The number of halogens is 2. The molecule has 3 nitrogen and oxygen atoms in total. The molecule has 2 aromatic rings. The molecule has 0 saturated heterocycles. The van der Waals surface area contributed by atoms with Crippen molar-refractivity contribution in [1.82, 2.24) is 0 Å². The van der Waals surface area contributed by atoms with Crippen LogP contribution >= 0.6 is 11.3 Å². The molecule has 0 amide bonds. The van der Waals surface area contributed by atoms with Gasteiger partial charge in [0.15, 0.2) is 0 Å². The van der Waals surface area contributed by atoms with E-state index in [0.717, 1.165) is 4.88 Å². The maximum absolute atomic E-state index is 12.4. The lowest BCUT2D eigenvalue weighted by Crippen LogP contribution is -2.11. The predicted octanol–water partition coefficient (Wildman–Crippen LogP) is 3.97. The van der Waals surface area contributed by atoms with Crippen LogP contribution in [-0.4, -0.2) is 14.2 Å². The van der Waals surface area contributed by atoms with Gasteiger partial charge in [0, 0.05) is 22.0 Å². The average molecular weight is 331 g/mol. The Morgan fingerprint density at radius 3 is 2.29 bits per heavy atom. The second-order valence-corrected chi connectivity index (χ2v) is 7.89. The zero-order valence-corrected chi connectivity index (χ0v) is 13.2. The quantitative estimate of drug-likeness (QED) is 0.901. The summed E-state index contributed by atoms with van der Waals surface area (Å²) in [6, 6.07) is 7.44. The number of sulfone groups is 1. The normalized spacial score (nSPS) is 11.9. The molecule has 0 aliphatic carbocycles. The molecule has 0 aliphatic rings. The minimum absolute atomic E-state index is 0.370. The Morgan fingerprint density at radius 1 is 1.19 bits per heavy atom. The SMILES string of the molecule is Cc1cc(CNc2ccc(S(=O)(=O)C(F)F)cc2)sc1C. The topological polar surface area (TPSA) is 46.2 Å². The molecule has 7 heteroatoms. The number of anilines is 1. The molecule has 1 heterocycles. The second kappa shape index (κ2) is 6.11. The summed E-state index contributed by atoms with van der Waals surface area (Å²) in [7, 11) is -4.52. The maximum atomic E-state index is 12.4. The van der Waals surface area contributed by atoms with E-state index in [1.54, 1.807) is 11.3 Å². The monoisotopic (exact) mass is 331 g/mol. The maximum Gasteiger partial charge on any atom is 0.341 e. The predicted molar refractivity (Wildman–Crippen MR) is 80.8 cm³/mol. The molecule has 0 fully saturated rings. The Morgan fingerprint density at radius 2 is 1.81 bits per heavy atom. The van der Waals surface area contributed by atoms with Crippen LogP contribution in [0.4, 0.5) is 14.5 Å². The standard InChI is InChI=1S/C14H15F2NO2S2/c1-9-7-12(20-10(9)2)8-17-11-3-5-13(6-4-11)21(18,19)14(15)16/h3-7,14,17H,8H2,1-2H3. The Labute approximate surface area is 126 Å².